The molecular formula is C8H15N3O4. The van der Waals surface area contributed by atoms with Crippen LogP contribution in [0.4, 0.5) is 4.79 Å². The summed E-state index contributed by atoms with van der Waals surface area (Å²) in [5.41, 5.74) is 4.83. The molecule has 0 aromatic carbocycles. The quantitative estimate of drug-likeness (QED) is 0.509. The minimum absolute atomic E-state index is 0.508. The van der Waals surface area contributed by atoms with Crippen molar-refractivity contribution in [3.63, 3.8) is 0 Å². The first-order chi connectivity index (χ1) is 6.88. The lowest BCUT2D eigenvalue weighted by Gasteiger charge is -2.15. The summed E-state index contributed by atoms with van der Waals surface area (Å²) in [5, 5.41) is 4.53. The molecule has 7 nitrogen and oxygen atoms in total. The molecule has 0 rings (SSSR count). The van der Waals surface area contributed by atoms with Crippen molar-refractivity contribution in [2.24, 2.45) is 5.73 Å². The molecule has 2 unspecified atom stereocenters. The second-order valence-electron chi connectivity index (χ2n) is 2.98. The molecule has 0 aromatic heterocycles. The number of amides is 3. The zero-order chi connectivity index (χ0) is 12.0. The molecule has 0 aliphatic rings. The minimum atomic E-state index is -0.802. The number of hydrogen-bond acceptors (Lipinski definition) is 4. The largest absolute Gasteiger partial charge is 0.467 e. The lowest BCUT2D eigenvalue weighted by molar-refractivity contribution is -0.144. The van der Waals surface area contributed by atoms with Gasteiger partial charge in [0.2, 0.25) is 5.91 Å². The van der Waals surface area contributed by atoms with Gasteiger partial charge in [0.05, 0.1) is 7.11 Å². The molecule has 7 heteroatoms. The Bertz CT molecular complexity index is 267. The van der Waals surface area contributed by atoms with E-state index in [4.69, 9.17) is 5.73 Å². The molecule has 0 radical (unpaired) electrons. The Kier molecular flexibility index (Phi) is 5.14. The number of methoxy groups -OCH3 is 1. The van der Waals surface area contributed by atoms with Crippen LogP contribution in [0.15, 0.2) is 0 Å². The lowest BCUT2D eigenvalue weighted by Crippen LogP contribution is -2.50. The molecule has 0 saturated heterocycles. The van der Waals surface area contributed by atoms with E-state index in [-0.39, 0.29) is 0 Å². The van der Waals surface area contributed by atoms with Gasteiger partial charge in [-0.15, -0.1) is 0 Å². The third-order valence-corrected chi connectivity index (χ3v) is 1.67. The Hall–Kier alpha value is -1.79. The summed E-state index contributed by atoms with van der Waals surface area (Å²) in [5.74, 6) is -1.07. The molecule has 0 fully saturated rings. The van der Waals surface area contributed by atoms with Crippen LogP contribution in [0.25, 0.3) is 0 Å². The van der Waals surface area contributed by atoms with Crippen LogP contribution in [0, 0.1) is 0 Å². The molecule has 2 atom stereocenters. The number of primary amides is 1. The van der Waals surface area contributed by atoms with E-state index in [9.17, 15) is 14.4 Å². The van der Waals surface area contributed by atoms with E-state index in [0.717, 1.165) is 0 Å². The van der Waals surface area contributed by atoms with Crippen LogP contribution in [-0.2, 0) is 14.3 Å². The minimum Gasteiger partial charge on any atom is -0.467 e. The van der Waals surface area contributed by atoms with Crippen LogP contribution >= 0.6 is 0 Å². The van der Waals surface area contributed by atoms with E-state index >= 15 is 0 Å². The van der Waals surface area contributed by atoms with Crippen LogP contribution in [-0.4, -0.2) is 37.1 Å². The van der Waals surface area contributed by atoms with Crippen molar-refractivity contribution in [3.8, 4) is 0 Å². The monoisotopic (exact) mass is 217 g/mol. The fourth-order valence-electron chi connectivity index (χ4n) is 0.853. The zero-order valence-corrected chi connectivity index (χ0v) is 8.87. The maximum absolute atomic E-state index is 11.3. The predicted octanol–water partition coefficient (Wildman–Crippen LogP) is -1.28. The number of ether oxygens (including phenoxy) is 1. The van der Waals surface area contributed by atoms with Crippen molar-refractivity contribution in [1.82, 2.24) is 10.6 Å². The summed E-state index contributed by atoms with van der Waals surface area (Å²) >= 11 is 0. The highest BCUT2D eigenvalue weighted by molar-refractivity contribution is 5.89. The standard InChI is InChI=1S/C8H15N3O4/c1-4(11-8(9)14)6(12)10-5(2)7(13)15-3/h4-5H,1-3H3,(H,10,12)(H3,9,11,14). The number of esters is 1. The molecule has 4 N–H and O–H groups in total. The lowest BCUT2D eigenvalue weighted by atomic mass is 10.2. The average Bonchev–Trinajstić information content (AvgIpc) is 2.15. The summed E-state index contributed by atoms with van der Waals surface area (Å²) in [7, 11) is 1.22. The number of carbonyl (C=O) groups excluding carboxylic acids is 3. The van der Waals surface area contributed by atoms with Crippen molar-refractivity contribution in [2.45, 2.75) is 25.9 Å². The molecule has 15 heavy (non-hydrogen) atoms. The van der Waals surface area contributed by atoms with Crippen LogP contribution < -0.4 is 16.4 Å². The van der Waals surface area contributed by atoms with Crippen molar-refractivity contribution >= 4 is 17.9 Å². The molecule has 0 spiro atoms. The third kappa shape index (κ3) is 4.84. The summed E-state index contributed by atoms with van der Waals surface area (Å²) in [6, 6.07) is -2.36. The van der Waals surface area contributed by atoms with Gasteiger partial charge in [-0.25, -0.2) is 9.59 Å². The van der Waals surface area contributed by atoms with E-state index < -0.39 is 30.0 Å². The number of urea groups is 1. The van der Waals surface area contributed by atoms with Gasteiger partial charge in [-0.1, -0.05) is 0 Å². The first kappa shape index (κ1) is 13.2. The number of carbonyl (C=O) groups is 3. The summed E-state index contributed by atoms with van der Waals surface area (Å²) < 4.78 is 4.41. The summed E-state index contributed by atoms with van der Waals surface area (Å²) in [4.78, 5) is 32.7. The number of nitrogens with one attached hydrogen (secondary N) is 2. The SMILES string of the molecule is COC(=O)C(C)NC(=O)C(C)NC(N)=O. The van der Waals surface area contributed by atoms with Crippen molar-refractivity contribution in [1.29, 1.82) is 0 Å². The molecule has 0 bridgehead atoms. The summed E-state index contributed by atoms with van der Waals surface area (Å²) in [6.07, 6.45) is 0. The van der Waals surface area contributed by atoms with E-state index in [1.807, 2.05) is 0 Å². The smallest absolute Gasteiger partial charge is 0.328 e. The summed E-state index contributed by atoms with van der Waals surface area (Å²) in [6.45, 7) is 2.92. The van der Waals surface area contributed by atoms with Gasteiger partial charge in [-0.2, -0.15) is 0 Å². The highest BCUT2D eigenvalue weighted by atomic mass is 16.5. The molecule has 0 saturated carbocycles. The van der Waals surface area contributed by atoms with Crippen LogP contribution in [0.5, 0.6) is 0 Å². The Morgan fingerprint density at radius 1 is 1.13 bits per heavy atom. The Labute approximate surface area is 87.3 Å². The molecule has 0 aliphatic heterocycles. The van der Waals surface area contributed by atoms with E-state index in [0.29, 0.717) is 0 Å². The Balaban J connectivity index is 4.12. The van der Waals surface area contributed by atoms with Gasteiger partial charge in [-0.3, -0.25) is 4.79 Å². The van der Waals surface area contributed by atoms with Crippen molar-refractivity contribution in [2.75, 3.05) is 7.11 Å². The average molecular weight is 217 g/mol. The molecule has 86 valence electrons. The third-order valence-electron chi connectivity index (χ3n) is 1.67. The Morgan fingerprint density at radius 2 is 1.67 bits per heavy atom. The Morgan fingerprint density at radius 3 is 2.07 bits per heavy atom. The van der Waals surface area contributed by atoms with E-state index in [2.05, 4.69) is 15.4 Å². The fraction of sp³-hybridized carbons (Fsp3) is 0.625. The maximum Gasteiger partial charge on any atom is 0.328 e. The normalized spacial score (nSPS) is 13.5. The van der Waals surface area contributed by atoms with Gasteiger partial charge in [0.25, 0.3) is 0 Å². The van der Waals surface area contributed by atoms with Crippen LogP contribution in [0.1, 0.15) is 13.8 Å². The van der Waals surface area contributed by atoms with Gasteiger partial charge < -0.3 is 21.1 Å². The van der Waals surface area contributed by atoms with E-state index in [1.165, 1.54) is 21.0 Å². The van der Waals surface area contributed by atoms with Gasteiger partial charge in [0, 0.05) is 0 Å². The van der Waals surface area contributed by atoms with Crippen LogP contribution in [0.3, 0.4) is 0 Å². The molecule has 0 heterocycles. The highest BCUT2D eigenvalue weighted by Crippen LogP contribution is 1.88. The first-order valence-electron chi connectivity index (χ1n) is 4.32. The van der Waals surface area contributed by atoms with Crippen molar-refractivity contribution < 1.29 is 19.1 Å². The molecule has 3 amide bonds. The van der Waals surface area contributed by atoms with Gasteiger partial charge in [0.15, 0.2) is 0 Å². The second-order valence-corrected chi connectivity index (χ2v) is 2.98. The van der Waals surface area contributed by atoms with Gasteiger partial charge in [0.1, 0.15) is 12.1 Å². The molecule has 0 aliphatic carbocycles. The van der Waals surface area contributed by atoms with Crippen molar-refractivity contribution in [3.05, 3.63) is 0 Å². The second kappa shape index (κ2) is 5.84. The predicted molar refractivity (Wildman–Crippen MR) is 51.8 cm³/mol. The maximum atomic E-state index is 11.3. The van der Waals surface area contributed by atoms with Gasteiger partial charge in [-0.05, 0) is 13.8 Å². The van der Waals surface area contributed by atoms with Crippen LogP contribution in [0.2, 0.25) is 0 Å². The number of hydrogen-bond donors (Lipinski definition) is 3. The van der Waals surface area contributed by atoms with E-state index in [1.54, 1.807) is 0 Å². The first-order valence-corrected chi connectivity index (χ1v) is 4.32. The molecule has 0 aromatic rings. The topological polar surface area (TPSA) is 111 Å². The molecular weight excluding hydrogens is 202 g/mol. The number of nitrogens with two attached hydrogens (primary N) is 1. The number of rotatable bonds is 4. The van der Waals surface area contributed by atoms with Gasteiger partial charge >= 0.3 is 12.0 Å². The zero-order valence-electron chi connectivity index (χ0n) is 8.87. The fourth-order valence-corrected chi connectivity index (χ4v) is 0.853. The highest BCUT2D eigenvalue weighted by Gasteiger charge is 2.20.